The molecule has 310 valence electrons. The second-order valence-corrected chi connectivity index (χ2v) is 17.8. The lowest BCUT2D eigenvalue weighted by atomic mass is 9.85. The Morgan fingerprint density at radius 2 is 0.545 bits per heavy atom. The molecule has 2 aromatic heterocycles. The molecule has 11 aromatic carbocycles. The number of hydrogen-bond donors (Lipinski definition) is 0. The molecule has 66 heavy (non-hydrogen) atoms. The molecule has 0 radical (unpaired) electrons. The van der Waals surface area contributed by atoms with Crippen molar-refractivity contribution in [3.05, 3.63) is 242 Å². The minimum Gasteiger partial charge on any atom is -0.309 e. The van der Waals surface area contributed by atoms with Crippen LogP contribution in [0.15, 0.2) is 231 Å². The highest BCUT2D eigenvalue weighted by Crippen LogP contribution is 2.45. The predicted octanol–water partition coefficient (Wildman–Crippen LogP) is 17.5. The molecule has 0 atom stereocenters. The van der Waals surface area contributed by atoms with Gasteiger partial charge in [0.25, 0.3) is 0 Å². The van der Waals surface area contributed by atoms with Gasteiger partial charge in [0.2, 0.25) is 0 Å². The van der Waals surface area contributed by atoms with Crippen molar-refractivity contribution in [2.24, 2.45) is 0 Å². The van der Waals surface area contributed by atoms with Crippen molar-refractivity contribution in [1.29, 1.82) is 0 Å². The molecule has 0 spiro atoms. The zero-order valence-electron chi connectivity index (χ0n) is 36.8. The summed E-state index contributed by atoms with van der Waals surface area (Å²) in [5.41, 5.74) is 19.6. The minimum atomic E-state index is 1.19. The first-order valence-electron chi connectivity index (χ1n) is 22.9. The largest absolute Gasteiger partial charge is 0.309 e. The van der Waals surface area contributed by atoms with Gasteiger partial charge in [-0.2, -0.15) is 0 Å². The summed E-state index contributed by atoms with van der Waals surface area (Å²) in [5.74, 6) is 0. The first-order valence-corrected chi connectivity index (χ1v) is 22.9. The second-order valence-electron chi connectivity index (χ2n) is 17.8. The van der Waals surface area contributed by atoms with Crippen LogP contribution < -0.4 is 0 Å². The second kappa shape index (κ2) is 15.1. The molecule has 0 bridgehead atoms. The molecule has 13 rings (SSSR count). The van der Waals surface area contributed by atoms with E-state index in [1.54, 1.807) is 0 Å². The van der Waals surface area contributed by atoms with Crippen molar-refractivity contribution in [2.45, 2.75) is 13.8 Å². The van der Waals surface area contributed by atoms with Crippen LogP contribution >= 0.6 is 0 Å². The van der Waals surface area contributed by atoms with Gasteiger partial charge in [0.15, 0.2) is 0 Å². The van der Waals surface area contributed by atoms with Gasteiger partial charge in [0, 0.05) is 32.9 Å². The fourth-order valence-corrected chi connectivity index (χ4v) is 10.8. The zero-order valence-corrected chi connectivity index (χ0v) is 36.8. The van der Waals surface area contributed by atoms with Gasteiger partial charge >= 0.3 is 0 Å². The van der Waals surface area contributed by atoms with Crippen LogP contribution in [0.3, 0.4) is 0 Å². The Hall–Kier alpha value is -8.46. The van der Waals surface area contributed by atoms with Crippen molar-refractivity contribution in [2.75, 3.05) is 0 Å². The Morgan fingerprint density at radius 1 is 0.227 bits per heavy atom. The summed E-state index contributed by atoms with van der Waals surface area (Å²) in [6.07, 6.45) is 0. The summed E-state index contributed by atoms with van der Waals surface area (Å²) in [4.78, 5) is 0. The van der Waals surface area contributed by atoms with Crippen LogP contribution in [0, 0.1) is 13.8 Å². The van der Waals surface area contributed by atoms with Gasteiger partial charge in [-0.15, -0.1) is 0 Å². The monoisotopic (exact) mass is 840 g/mol. The topological polar surface area (TPSA) is 9.86 Å². The maximum Gasteiger partial charge on any atom is 0.0541 e. The van der Waals surface area contributed by atoms with E-state index in [0.717, 1.165) is 0 Å². The number of hydrogen-bond acceptors (Lipinski definition) is 0. The molecule has 0 aliphatic carbocycles. The number of benzene rings is 11. The Kier molecular flexibility index (Phi) is 8.69. The summed E-state index contributed by atoms with van der Waals surface area (Å²) in [6.45, 7) is 4.32. The van der Waals surface area contributed by atoms with Crippen molar-refractivity contribution in [1.82, 2.24) is 9.13 Å². The molecule has 0 N–H and O–H groups in total. The maximum absolute atomic E-state index is 2.40. The van der Waals surface area contributed by atoms with Crippen molar-refractivity contribution in [3.63, 3.8) is 0 Å². The lowest BCUT2D eigenvalue weighted by molar-refractivity contribution is 1.17. The van der Waals surface area contributed by atoms with Gasteiger partial charge in [-0.3, -0.25) is 0 Å². The molecule has 0 saturated carbocycles. The molecule has 2 heterocycles. The van der Waals surface area contributed by atoms with Crippen LogP contribution in [0.5, 0.6) is 0 Å². The first kappa shape index (κ1) is 38.0. The van der Waals surface area contributed by atoms with E-state index < -0.39 is 0 Å². The summed E-state index contributed by atoms with van der Waals surface area (Å²) >= 11 is 0. The number of nitrogens with zero attached hydrogens (tertiary/aromatic N) is 2. The quantitative estimate of drug-likeness (QED) is 0.148. The van der Waals surface area contributed by atoms with E-state index in [4.69, 9.17) is 0 Å². The molecule has 0 saturated heterocycles. The fourth-order valence-electron chi connectivity index (χ4n) is 10.8. The fraction of sp³-hybridized carbons (Fsp3) is 0.0312. The van der Waals surface area contributed by atoms with Gasteiger partial charge < -0.3 is 9.13 Å². The van der Waals surface area contributed by atoms with E-state index in [1.165, 1.54) is 132 Å². The molecule has 0 amide bonds. The number of fused-ring (bicyclic) bond motifs is 8. The van der Waals surface area contributed by atoms with Gasteiger partial charge in [-0.25, -0.2) is 0 Å². The van der Waals surface area contributed by atoms with Gasteiger partial charge in [0.1, 0.15) is 0 Å². The molecule has 13 aromatic rings. The molecule has 0 unspecified atom stereocenters. The van der Waals surface area contributed by atoms with Crippen molar-refractivity contribution in [3.8, 4) is 55.9 Å². The number of aromatic nitrogens is 2. The summed E-state index contributed by atoms with van der Waals surface area (Å²) in [7, 11) is 0. The number of aryl methyl sites for hydroxylation is 2. The van der Waals surface area contributed by atoms with E-state index in [0.29, 0.717) is 0 Å². The Balaban J connectivity index is 0.882. The molecule has 2 heteroatoms. The highest BCUT2D eigenvalue weighted by atomic mass is 15.0. The predicted molar refractivity (Wildman–Crippen MR) is 281 cm³/mol. The highest BCUT2D eigenvalue weighted by molar-refractivity contribution is 6.21. The normalized spacial score (nSPS) is 11.8. The average molecular weight is 841 g/mol. The van der Waals surface area contributed by atoms with Gasteiger partial charge in [-0.1, -0.05) is 170 Å². The summed E-state index contributed by atoms with van der Waals surface area (Å²) < 4.78 is 4.79. The van der Waals surface area contributed by atoms with E-state index in [-0.39, 0.29) is 0 Å². The van der Waals surface area contributed by atoms with Crippen molar-refractivity contribution >= 4 is 65.2 Å². The van der Waals surface area contributed by atoms with Crippen LogP contribution in [-0.2, 0) is 0 Å². The first-order chi connectivity index (χ1) is 32.6. The summed E-state index contributed by atoms with van der Waals surface area (Å²) in [6, 6.07) is 85.3. The molecular formula is C64H44N2. The molecule has 0 aliphatic rings. The lowest BCUT2D eigenvalue weighted by Crippen LogP contribution is -1.94. The van der Waals surface area contributed by atoms with Crippen LogP contribution in [0.4, 0.5) is 0 Å². The third-order valence-corrected chi connectivity index (χ3v) is 13.8. The molecule has 0 fully saturated rings. The summed E-state index contributed by atoms with van der Waals surface area (Å²) in [5, 5.41) is 10.1. The molecule has 0 aliphatic heterocycles. The van der Waals surface area contributed by atoms with E-state index >= 15 is 0 Å². The van der Waals surface area contributed by atoms with Gasteiger partial charge in [-0.05, 0) is 152 Å². The minimum absolute atomic E-state index is 1.19. The zero-order chi connectivity index (χ0) is 43.9. The van der Waals surface area contributed by atoms with E-state index in [2.05, 4.69) is 254 Å². The lowest BCUT2D eigenvalue weighted by Gasteiger charge is -2.18. The van der Waals surface area contributed by atoms with Crippen LogP contribution in [-0.4, -0.2) is 9.13 Å². The maximum atomic E-state index is 2.40. The Morgan fingerprint density at radius 3 is 0.924 bits per heavy atom. The number of para-hydroxylation sites is 2. The third-order valence-electron chi connectivity index (χ3n) is 13.8. The molecular weight excluding hydrogens is 797 g/mol. The average Bonchev–Trinajstić information content (AvgIpc) is 3.88. The van der Waals surface area contributed by atoms with E-state index in [1.807, 2.05) is 0 Å². The number of rotatable bonds is 6. The smallest absolute Gasteiger partial charge is 0.0541 e. The Labute approximate surface area is 383 Å². The SMILES string of the molecule is Cc1cccc(-n2c3ccccc3c3cc(-c4ccc(-c5c6ccccc6c(-c6ccc(-c7ccc8c(c7)c7ccccc7n8-c7cccc(C)c7)cc6)c6ccccc56)cc4)ccc32)c1. The van der Waals surface area contributed by atoms with Crippen LogP contribution in [0.25, 0.3) is 121 Å². The Bertz CT molecular complexity index is 3730. The highest BCUT2D eigenvalue weighted by Gasteiger charge is 2.19. The standard InChI is InChI=1S/C64H44N2/c1-41-13-11-15-49(37-41)65-59-23-9-7-17-51(59)57-39-47(33-35-61(57)65)43-25-29-45(30-26-43)63-53-19-3-5-21-55(53)64(56-22-6-4-20-54(56)63)46-31-27-44(28-32-46)48-34-36-62-58(40-48)52-18-8-10-24-60(52)66(62)50-16-12-14-42(2)38-50/h3-40H,1-2H3. The van der Waals surface area contributed by atoms with E-state index in [9.17, 15) is 0 Å². The third kappa shape index (κ3) is 6.03. The van der Waals surface area contributed by atoms with Crippen LogP contribution in [0.1, 0.15) is 11.1 Å². The van der Waals surface area contributed by atoms with Crippen LogP contribution in [0.2, 0.25) is 0 Å². The van der Waals surface area contributed by atoms with Crippen molar-refractivity contribution < 1.29 is 0 Å². The van der Waals surface area contributed by atoms with Gasteiger partial charge in [0.05, 0.1) is 22.1 Å². The molecule has 2 nitrogen and oxygen atoms in total.